The molecular weight excluding hydrogens is 278 g/mol. The highest BCUT2D eigenvalue weighted by Gasteiger charge is 2.15. The molecule has 0 radical (unpaired) electrons. The molecule has 112 valence electrons. The summed E-state index contributed by atoms with van der Waals surface area (Å²) in [4.78, 5) is 0. The molecule has 2 heteroatoms. The van der Waals surface area contributed by atoms with E-state index in [1.165, 1.54) is 27.8 Å². The fraction of sp³-hybridized carbons (Fsp3) is 0.368. The third-order valence-electron chi connectivity index (χ3n) is 3.88. The molecule has 0 aliphatic rings. The van der Waals surface area contributed by atoms with Gasteiger partial charge in [-0.15, -0.1) is 0 Å². The highest BCUT2D eigenvalue weighted by Crippen LogP contribution is 2.26. The van der Waals surface area contributed by atoms with Crippen molar-refractivity contribution in [2.45, 2.75) is 40.2 Å². The van der Waals surface area contributed by atoms with Crippen molar-refractivity contribution in [2.24, 2.45) is 0 Å². The molecule has 1 atom stereocenters. The molecule has 0 saturated carbocycles. The lowest BCUT2D eigenvalue weighted by Crippen LogP contribution is -2.24. The fourth-order valence-electron chi connectivity index (χ4n) is 2.79. The summed E-state index contributed by atoms with van der Waals surface area (Å²) >= 11 is 6.40. The van der Waals surface area contributed by atoms with E-state index in [-0.39, 0.29) is 0 Å². The van der Waals surface area contributed by atoms with E-state index < -0.39 is 0 Å². The molecule has 0 heterocycles. The van der Waals surface area contributed by atoms with E-state index in [9.17, 15) is 0 Å². The van der Waals surface area contributed by atoms with Gasteiger partial charge in [0.25, 0.3) is 0 Å². The number of hydrogen-bond acceptors (Lipinski definition) is 1. The molecular formula is C19H24ClN. The van der Waals surface area contributed by atoms with E-state index in [4.69, 9.17) is 11.6 Å². The quantitative estimate of drug-likeness (QED) is 0.804. The van der Waals surface area contributed by atoms with E-state index in [0.29, 0.717) is 6.04 Å². The summed E-state index contributed by atoms with van der Waals surface area (Å²) in [6.45, 7) is 9.48. The molecule has 1 unspecified atom stereocenters. The first-order valence-electron chi connectivity index (χ1n) is 7.56. The minimum Gasteiger partial charge on any atom is -0.310 e. The smallest absolute Gasteiger partial charge is 0.0441 e. The monoisotopic (exact) mass is 301 g/mol. The van der Waals surface area contributed by atoms with Crippen molar-refractivity contribution in [1.29, 1.82) is 0 Å². The number of benzene rings is 2. The molecule has 1 nitrogen and oxygen atoms in total. The average Bonchev–Trinajstić information content (AvgIpc) is 2.41. The maximum absolute atomic E-state index is 6.40. The van der Waals surface area contributed by atoms with Crippen LogP contribution in [0.2, 0.25) is 5.02 Å². The van der Waals surface area contributed by atoms with Gasteiger partial charge in [0, 0.05) is 11.1 Å². The summed E-state index contributed by atoms with van der Waals surface area (Å²) in [5.74, 6) is 0. The molecule has 0 saturated heterocycles. The number of rotatable bonds is 5. The standard InChI is InChI=1S/C19H24ClN/c1-5-21-19(17-9-7-13(2)10-15(17)4)12-16-8-6-14(3)11-18(16)20/h6-11,19,21H,5,12H2,1-4H3. The lowest BCUT2D eigenvalue weighted by Gasteiger charge is -2.21. The Morgan fingerprint density at radius 2 is 1.67 bits per heavy atom. The summed E-state index contributed by atoms with van der Waals surface area (Å²) in [6, 6.07) is 13.3. The Bertz CT molecular complexity index is 619. The van der Waals surface area contributed by atoms with Crippen molar-refractivity contribution in [3.8, 4) is 0 Å². The maximum Gasteiger partial charge on any atom is 0.0441 e. The molecule has 0 aliphatic carbocycles. The lowest BCUT2D eigenvalue weighted by atomic mass is 9.94. The van der Waals surface area contributed by atoms with Crippen molar-refractivity contribution < 1.29 is 0 Å². The van der Waals surface area contributed by atoms with Crippen LogP contribution in [-0.4, -0.2) is 6.54 Å². The van der Waals surface area contributed by atoms with Crippen LogP contribution < -0.4 is 5.32 Å². The van der Waals surface area contributed by atoms with Gasteiger partial charge in [-0.3, -0.25) is 0 Å². The van der Waals surface area contributed by atoms with Gasteiger partial charge in [-0.25, -0.2) is 0 Å². The van der Waals surface area contributed by atoms with Crippen LogP contribution in [0.1, 0.15) is 40.8 Å². The first kappa shape index (κ1) is 16.1. The molecule has 1 N–H and O–H groups in total. The SMILES string of the molecule is CCNC(Cc1ccc(C)cc1Cl)c1ccc(C)cc1C. The van der Waals surface area contributed by atoms with Gasteiger partial charge in [0.1, 0.15) is 0 Å². The van der Waals surface area contributed by atoms with Crippen LogP contribution in [0.5, 0.6) is 0 Å². The van der Waals surface area contributed by atoms with E-state index in [1.807, 2.05) is 6.07 Å². The summed E-state index contributed by atoms with van der Waals surface area (Å²) in [7, 11) is 0. The molecule has 2 rings (SSSR count). The second-order valence-electron chi connectivity index (χ2n) is 5.77. The Balaban J connectivity index is 2.30. The molecule has 0 bridgehead atoms. The van der Waals surface area contributed by atoms with Crippen LogP contribution in [-0.2, 0) is 6.42 Å². The van der Waals surface area contributed by atoms with Gasteiger partial charge in [0.2, 0.25) is 0 Å². The first-order chi connectivity index (χ1) is 10.0. The third kappa shape index (κ3) is 4.09. The molecule has 0 fully saturated rings. The predicted molar refractivity (Wildman–Crippen MR) is 92.2 cm³/mol. The first-order valence-corrected chi connectivity index (χ1v) is 7.94. The summed E-state index contributed by atoms with van der Waals surface area (Å²) in [5, 5.41) is 4.45. The molecule has 0 amide bonds. The molecule has 21 heavy (non-hydrogen) atoms. The van der Waals surface area contributed by atoms with Gasteiger partial charge in [-0.2, -0.15) is 0 Å². The molecule has 0 aromatic heterocycles. The second-order valence-corrected chi connectivity index (χ2v) is 6.18. The zero-order valence-electron chi connectivity index (χ0n) is 13.3. The van der Waals surface area contributed by atoms with Crippen LogP contribution in [0.4, 0.5) is 0 Å². The molecule has 0 spiro atoms. The van der Waals surface area contributed by atoms with Gasteiger partial charge >= 0.3 is 0 Å². The third-order valence-corrected chi connectivity index (χ3v) is 4.24. The van der Waals surface area contributed by atoms with Crippen LogP contribution in [0.25, 0.3) is 0 Å². The summed E-state index contributed by atoms with van der Waals surface area (Å²) in [6.07, 6.45) is 0.914. The van der Waals surface area contributed by atoms with Crippen molar-refractivity contribution in [3.63, 3.8) is 0 Å². The largest absolute Gasteiger partial charge is 0.310 e. The van der Waals surface area contributed by atoms with Gasteiger partial charge in [-0.05, 0) is 62.1 Å². The molecule has 0 aliphatic heterocycles. The number of aryl methyl sites for hydroxylation is 3. The van der Waals surface area contributed by atoms with Crippen LogP contribution in [0.15, 0.2) is 36.4 Å². The van der Waals surface area contributed by atoms with Gasteiger partial charge in [0.15, 0.2) is 0 Å². The maximum atomic E-state index is 6.40. The van der Waals surface area contributed by atoms with E-state index in [0.717, 1.165) is 18.0 Å². The van der Waals surface area contributed by atoms with Crippen molar-refractivity contribution >= 4 is 11.6 Å². The lowest BCUT2D eigenvalue weighted by molar-refractivity contribution is 0.547. The molecule has 2 aromatic carbocycles. The van der Waals surface area contributed by atoms with Crippen LogP contribution >= 0.6 is 11.6 Å². The van der Waals surface area contributed by atoms with Gasteiger partial charge in [-0.1, -0.05) is 54.4 Å². The van der Waals surface area contributed by atoms with Gasteiger partial charge in [0.05, 0.1) is 0 Å². The number of hydrogen-bond donors (Lipinski definition) is 1. The van der Waals surface area contributed by atoms with Crippen molar-refractivity contribution in [1.82, 2.24) is 5.32 Å². The van der Waals surface area contributed by atoms with E-state index in [1.54, 1.807) is 0 Å². The Kier molecular flexibility index (Phi) is 5.44. The van der Waals surface area contributed by atoms with E-state index in [2.05, 4.69) is 63.3 Å². The van der Waals surface area contributed by atoms with Crippen molar-refractivity contribution in [2.75, 3.05) is 6.54 Å². The second kappa shape index (κ2) is 7.11. The average molecular weight is 302 g/mol. The Hall–Kier alpha value is -1.31. The van der Waals surface area contributed by atoms with Crippen LogP contribution in [0, 0.1) is 20.8 Å². The number of likely N-dealkylation sites (N-methyl/N-ethyl adjacent to an activating group) is 1. The minimum absolute atomic E-state index is 0.302. The highest BCUT2D eigenvalue weighted by atomic mass is 35.5. The Morgan fingerprint density at radius 1 is 1.00 bits per heavy atom. The van der Waals surface area contributed by atoms with Crippen molar-refractivity contribution in [3.05, 3.63) is 69.2 Å². The minimum atomic E-state index is 0.302. The topological polar surface area (TPSA) is 12.0 Å². The fourth-order valence-corrected chi connectivity index (χ4v) is 3.11. The molecule has 2 aromatic rings. The zero-order valence-corrected chi connectivity index (χ0v) is 14.1. The summed E-state index contributed by atoms with van der Waals surface area (Å²) in [5.41, 5.74) is 6.41. The summed E-state index contributed by atoms with van der Waals surface area (Å²) < 4.78 is 0. The normalized spacial score (nSPS) is 12.4. The van der Waals surface area contributed by atoms with Gasteiger partial charge < -0.3 is 5.32 Å². The number of nitrogens with one attached hydrogen (secondary N) is 1. The number of halogens is 1. The van der Waals surface area contributed by atoms with Crippen LogP contribution in [0.3, 0.4) is 0 Å². The zero-order chi connectivity index (χ0) is 15.4. The highest BCUT2D eigenvalue weighted by molar-refractivity contribution is 6.31. The Labute approximate surface area is 133 Å². The predicted octanol–water partition coefficient (Wildman–Crippen LogP) is 5.16. The Morgan fingerprint density at radius 3 is 2.29 bits per heavy atom. The van der Waals surface area contributed by atoms with E-state index >= 15 is 0 Å².